The largest absolute Gasteiger partial charge is 0.494 e. The van der Waals surface area contributed by atoms with Crippen molar-refractivity contribution in [2.45, 2.75) is 58.0 Å². The number of thiol groups is 1. The summed E-state index contributed by atoms with van der Waals surface area (Å²) in [7, 11) is -0.356. The summed E-state index contributed by atoms with van der Waals surface area (Å²) in [5, 5.41) is 0. The van der Waals surface area contributed by atoms with Gasteiger partial charge >= 0.3 is 7.12 Å². The second-order valence-electron chi connectivity index (χ2n) is 6.59. The molecule has 0 bridgehead atoms. The molecule has 4 heteroatoms. The number of rotatable bonds is 3. The lowest BCUT2D eigenvalue weighted by molar-refractivity contribution is 0.00578. The van der Waals surface area contributed by atoms with Gasteiger partial charge in [0.2, 0.25) is 0 Å². The van der Waals surface area contributed by atoms with Crippen LogP contribution < -0.4 is 5.46 Å². The monoisotopic (exact) mass is 302 g/mol. The minimum Gasteiger partial charge on any atom is -0.399 e. The van der Waals surface area contributed by atoms with Gasteiger partial charge < -0.3 is 9.31 Å². The molecular formula is C17H23BO2S. The molecule has 2 nitrogen and oxygen atoms in total. The van der Waals surface area contributed by atoms with Crippen LogP contribution in [0, 0.1) is 19.3 Å². The zero-order valence-corrected chi connectivity index (χ0v) is 14.4. The molecule has 2 rings (SSSR count). The summed E-state index contributed by atoms with van der Waals surface area (Å²) < 4.78 is 12.2. The van der Waals surface area contributed by atoms with Gasteiger partial charge in [-0.2, -0.15) is 12.6 Å². The molecule has 1 fully saturated rings. The first-order valence-electron chi connectivity index (χ1n) is 7.24. The molecule has 1 aliphatic heterocycles. The van der Waals surface area contributed by atoms with Crippen LogP contribution in [0.15, 0.2) is 12.1 Å². The molecule has 0 atom stereocenters. The van der Waals surface area contributed by atoms with Gasteiger partial charge in [-0.15, -0.1) is 12.3 Å². The van der Waals surface area contributed by atoms with Gasteiger partial charge in [-0.3, -0.25) is 0 Å². The zero-order valence-electron chi connectivity index (χ0n) is 13.5. The third kappa shape index (κ3) is 3.01. The van der Waals surface area contributed by atoms with Crippen LogP contribution in [0.25, 0.3) is 0 Å². The molecule has 0 spiro atoms. The molecule has 0 amide bonds. The molecule has 1 aromatic carbocycles. The number of hydrogen-bond donors (Lipinski definition) is 1. The summed E-state index contributed by atoms with van der Waals surface area (Å²) in [6.07, 6.45) is 6.09. The molecule has 0 radical (unpaired) electrons. The fourth-order valence-corrected chi connectivity index (χ4v) is 2.77. The Balaban J connectivity index is 2.42. The quantitative estimate of drug-likeness (QED) is 0.526. The van der Waals surface area contributed by atoms with Crippen LogP contribution in [0.4, 0.5) is 0 Å². The highest BCUT2D eigenvalue weighted by Gasteiger charge is 2.51. The van der Waals surface area contributed by atoms with E-state index in [0.717, 1.165) is 11.0 Å². The van der Waals surface area contributed by atoms with Crippen LogP contribution in [0.5, 0.6) is 0 Å². The van der Waals surface area contributed by atoms with Gasteiger partial charge in [-0.25, -0.2) is 0 Å². The van der Waals surface area contributed by atoms with E-state index >= 15 is 0 Å². The molecule has 1 saturated heterocycles. The van der Waals surface area contributed by atoms with Crippen molar-refractivity contribution in [3.05, 3.63) is 28.8 Å². The van der Waals surface area contributed by atoms with Crippen molar-refractivity contribution >= 4 is 25.2 Å². The van der Waals surface area contributed by atoms with Crippen LogP contribution in [0.1, 0.15) is 44.4 Å². The predicted octanol–water partition coefficient (Wildman–Crippen LogP) is 2.90. The Kier molecular flexibility index (Phi) is 4.49. The maximum absolute atomic E-state index is 6.12. The fraction of sp³-hybridized carbons (Fsp3) is 0.529. The number of terminal acetylenes is 1. The summed E-state index contributed by atoms with van der Waals surface area (Å²) in [6, 6.07) is 4.22. The van der Waals surface area contributed by atoms with Gasteiger partial charge in [-0.1, -0.05) is 12.1 Å². The first-order valence-corrected chi connectivity index (χ1v) is 7.87. The second kappa shape index (κ2) is 5.72. The molecule has 1 heterocycles. The van der Waals surface area contributed by atoms with Gasteiger partial charge in [0.1, 0.15) is 0 Å². The summed E-state index contributed by atoms with van der Waals surface area (Å²) in [6.45, 7) is 10.3. The first-order chi connectivity index (χ1) is 9.71. The van der Waals surface area contributed by atoms with Crippen molar-refractivity contribution in [3.63, 3.8) is 0 Å². The molecule has 0 aliphatic carbocycles. The Hall–Kier alpha value is -0.885. The summed E-state index contributed by atoms with van der Waals surface area (Å²) in [5.41, 5.74) is 3.88. The molecule has 0 unspecified atom stereocenters. The van der Waals surface area contributed by atoms with E-state index in [1.54, 1.807) is 0 Å². The Labute approximate surface area is 134 Å². The minimum absolute atomic E-state index is 0.337. The maximum atomic E-state index is 6.12. The highest BCUT2D eigenvalue weighted by atomic mass is 32.1. The topological polar surface area (TPSA) is 18.5 Å². The lowest BCUT2D eigenvalue weighted by Gasteiger charge is -2.32. The minimum atomic E-state index is -0.356. The predicted molar refractivity (Wildman–Crippen MR) is 92.1 cm³/mol. The summed E-state index contributed by atoms with van der Waals surface area (Å²) in [4.78, 5) is 0. The summed E-state index contributed by atoms with van der Waals surface area (Å²) in [5.74, 6) is 3.40. The molecule has 21 heavy (non-hydrogen) atoms. The van der Waals surface area contributed by atoms with Crippen molar-refractivity contribution in [1.82, 2.24) is 0 Å². The van der Waals surface area contributed by atoms with Crippen molar-refractivity contribution in [3.8, 4) is 12.3 Å². The van der Waals surface area contributed by atoms with Crippen molar-refractivity contribution < 1.29 is 9.31 Å². The van der Waals surface area contributed by atoms with Crippen molar-refractivity contribution in [2.75, 3.05) is 0 Å². The van der Waals surface area contributed by atoms with E-state index in [1.807, 2.05) is 0 Å². The molecule has 1 aliphatic rings. The maximum Gasteiger partial charge on any atom is 0.494 e. The van der Waals surface area contributed by atoms with Crippen molar-refractivity contribution in [2.24, 2.45) is 0 Å². The molecule has 112 valence electrons. The normalized spacial score (nSPS) is 19.6. The van der Waals surface area contributed by atoms with E-state index in [4.69, 9.17) is 15.7 Å². The van der Waals surface area contributed by atoms with Gasteiger partial charge in [0.25, 0.3) is 0 Å². The van der Waals surface area contributed by atoms with Crippen molar-refractivity contribution in [1.29, 1.82) is 0 Å². The Morgan fingerprint density at radius 2 is 1.67 bits per heavy atom. The van der Waals surface area contributed by atoms with Crippen LogP contribution in [-0.2, 0) is 21.5 Å². The average molecular weight is 302 g/mol. The van der Waals surface area contributed by atoms with Crippen LogP contribution in [0.3, 0.4) is 0 Å². The summed E-state index contributed by atoms with van der Waals surface area (Å²) >= 11 is 4.42. The number of benzene rings is 1. The van der Waals surface area contributed by atoms with E-state index < -0.39 is 0 Å². The van der Waals surface area contributed by atoms with Gasteiger partial charge in [0.05, 0.1) is 11.2 Å². The van der Waals surface area contributed by atoms with Crippen LogP contribution in [-0.4, -0.2) is 18.3 Å². The second-order valence-corrected chi connectivity index (χ2v) is 6.91. The highest BCUT2D eigenvalue weighted by Crippen LogP contribution is 2.36. The highest BCUT2D eigenvalue weighted by molar-refractivity contribution is 7.79. The SMILES string of the molecule is C#CCc1cc(B2OC(C)(C)C(C)(C)O2)cc(CS)c1C. The fourth-order valence-electron chi connectivity index (χ4n) is 2.44. The van der Waals surface area contributed by atoms with Gasteiger partial charge in [0, 0.05) is 12.2 Å². The molecule has 1 aromatic rings. The Morgan fingerprint density at radius 3 is 2.14 bits per heavy atom. The zero-order chi connectivity index (χ0) is 15.8. The van der Waals surface area contributed by atoms with E-state index in [9.17, 15) is 0 Å². The van der Waals surface area contributed by atoms with E-state index in [2.05, 4.69) is 65.3 Å². The standard InChI is InChI=1S/C17H23BO2S/c1-7-8-13-9-15(10-14(11-21)12(13)2)18-19-16(3,4)17(5,6)20-18/h1,9-10,21H,8,11H2,2-6H3. The molecule has 0 N–H and O–H groups in total. The number of hydrogen-bond acceptors (Lipinski definition) is 3. The van der Waals surface area contributed by atoms with Crippen LogP contribution >= 0.6 is 12.6 Å². The van der Waals surface area contributed by atoms with E-state index in [0.29, 0.717) is 12.2 Å². The van der Waals surface area contributed by atoms with Gasteiger partial charge in [-0.05, 0) is 56.8 Å². The Morgan fingerprint density at radius 1 is 1.14 bits per heavy atom. The lowest BCUT2D eigenvalue weighted by atomic mass is 9.76. The third-order valence-corrected chi connectivity index (χ3v) is 4.97. The van der Waals surface area contributed by atoms with Gasteiger partial charge in [0.15, 0.2) is 0 Å². The smallest absolute Gasteiger partial charge is 0.399 e. The van der Waals surface area contributed by atoms with E-state index in [1.165, 1.54) is 11.1 Å². The van der Waals surface area contributed by atoms with E-state index in [-0.39, 0.29) is 18.3 Å². The first kappa shape index (κ1) is 16.5. The molecular weight excluding hydrogens is 279 g/mol. The third-order valence-electron chi connectivity index (χ3n) is 4.63. The average Bonchev–Trinajstić information content (AvgIpc) is 2.61. The Bertz CT molecular complexity index is 571. The lowest BCUT2D eigenvalue weighted by Crippen LogP contribution is -2.41. The molecule has 0 aromatic heterocycles. The van der Waals surface area contributed by atoms with Crippen LogP contribution in [0.2, 0.25) is 0 Å². The molecule has 0 saturated carbocycles.